The Balaban J connectivity index is 2.28. The van der Waals surface area contributed by atoms with E-state index in [1.54, 1.807) is 0 Å². The first-order valence-electron chi connectivity index (χ1n) is 7.70. The number of sulfone groups is 1. The van der Waals surface area contributed by atoms with Gasteiger partial charge in [0.15, 0.2) is 9.84 Å². The number of hydrogen-bond donors (Lipinski definition) is 3. The highest BCUT2D eigenvalue weighted by Crippen LogP contribution is 2.23. The molecule has 1 unspecified atom stereocenters. The fourth-order valence-electron chi connectivity index (χ4n) is 2.25. The summed E-state index contributed by atoms with van der Waals surface area (Å²) >= 11 is 1.26. The molecule has 1 rings (SSSR count). The quantitative estimate of drug-likeness (QED) is 0.498. The van der Waals surface area contributed by atoms with Crippen LogP contribution < -0.4 is 10.6 Å². The van der Waals surface area contributed by atoms with Crippen molar-refractivity contribution in [2.75, 3.05) is 23.8 Å². The van der Waals surface area contributed by atoms with E-state index in [1.807, 2.05) is 13.8 Å². The van der Waals surface area contributed by atoms with Gasteiger partial charge in [-0.05, 0) is 18.8 Å². The molecule has 10 heteroatoms. The molecule has 138 valence electrons. The fraction of sp³-hybridized carbons (Fsp3) is 0.786. The maximum Gasteiger partial charge on any atom is 0.326 e. The van der Waals surface area contributed by atoms with Crippen molar-refractivity contribution in [1.29, 1.82) is 0 Å². The number of carbonyl (C=O) groups is 3. The Morgan fingerprint density at radius 3 is 2.42 bits per heavy atom. The Morgan fingerprint density at radius 2 is 1.92 bits per heavy atom. The number of carbonyl (C=O) groups excluding carboxylic acids is 2. The van der Waals surface area contributed by atoms with E-state index in [-0.39, 0.29) is 40.9 Å². The molecule has 24 heavy (non-hydrogen) atoms. The van der Waals surface area contributed by atoms with Crippen LogP contribution >= 0.6 is 11.8 Å². The molecule has 2 atom stereocenters. The smallest absolute Gasteiger partial charge is 0.326 e. The molecule has 0 radical (unpaired) electrons. The van der Waals surface area contributed by atoms with E-state index in [0.717, 1.165) is 0 Å². The van der Waals surface area contributed by atoms with Gasteiger partial charge in [0.2, 0.25) is 11.8 Å². The zero-order valence-electron chi connectivity index (χ0n) is 13.8. The number of hydrogen-bond acceptors (Lipinski definition) is 6. The van der Waals surface area contributed by atoms with Crippen molar-refractivity contribution in [2.24, 2.45) is 5.92 Å². The number of amides is 2. The van der Waals surface area contributed by atoms with Crippen LogP contribution in [0, 0.1) is 5.92 Å². The summed E-state index contributed by atoms with van der Waals surface area (Å²) in [5, 5.41) is 13.7. The maximum absolute atomic E-state index is 11.7. The topological polar surface area (TPSA) is 130 Å². The molecule has 1 saturated heterocycles. The zero-order chi connectivity index (χ0) is 18.3. The molecule has 0 spiro atoms. The lowest BCUT2D eigenvalue weighted by Gasteiger charge is -2.16. The molecule has 3 N–H and O–H groups in total. The summed E-state index contributed by atoms with van der Waals surface area (Å²) in [6, 6.07) is -0.979. The molecule has 0 aliphatic carbocycles. The van der Waals surface area contributed by atoms with Crippen molar-refractivity contribution in [1.82, 2.24) is 10.6 Å². The highest BCUT2D eigenvalue weighted by molar-refractivity contribution is 8.02. The molecule has 1 aliphatic rings. The minimum absolute atomic E-state index is 0.0712. The third-order valence-electron chi connectivity index (χ3n) is 3.43. The Kier molecular flexibility index (Phi) is 8.01. The van der Waals surface area contributed by atoms with Gasteiger partial charge in [-0.3, -0.25) is 9.59 Å². The first-order chi connectivity index (χ1) is 11.1. The lowest BCUT2D eigenvalue weighted by Crippen LogP contribution is -2.46. The highest BCUT2D eigenvalue weighted by atomic mass is 32.2. The monoisotopic (exact) mass is 380 g/mol. The van der Waals surface area contributed by atoms with Gasteiger partial charge < -0.3 is 15.7 Å². The third-order valence-corrected chi connectivity index (χ3v) is 6.71. The second-order valence-electron chi connectivity index (χ2n) is 6.20. The van der Waals surface area contributed by atoms with E-state index in [9.17, 15) is 22.8 Å². The lowest BCUT2D eigenvalue weighted by molar-refractivity contribution is -0.142. The summed E-state index contributed by atoms with van der Waals surface area (Å²) < 4.78 is 22.6. The van der Waals surface area contributed by atoms with Gasteiger partial charge >= 0.3 is 5.97 Å². The summed E-state index contributed by atoms with van der Waals surface area (Å²) in [5.41, 5.74) is 0. The van der Waals surface area contributed by atoms with Crippen LogP contribution in [-0.4, -0.2) is 66.4 Å². The van der Waals surface area contributed by atoms with Crippen LogP contribution in [0.25, 0.3) is 0 Å². The number of thioether (sulfide) groups is 1. The number of aliphatic carboxylic acids is 1. The number of nitrogens with one attached hydrogen (secondary N) is 2. The van der Waals surface area contributed by atoms with Gasteiger partial charge in [0, 0.05) is 5.25 Å². The molecule has 0 bridgehead atoms. The minimum atomic E-state index is -2.97. The largest absolute Gasteiger partial charge is 0.480 e. The Hall–Kier alpha value is -1.29. The molecule has 1 heterocycles. The van der Waals surface area contributed by atoms with Crippen molar-refractivity contribution < 1.29 is 27.9 Å². The van der Waals surface area contributed by atoms with Gasteiger partial charge in [-0.1, -0.05) is 13.8 Å². The first kappa shape index (κ1) is 20.8. The van der Waals surface area contributed by atoms with Crippen LogP contribution in [0.5, 0.6) is 0 Å². The molecule has 0 aromatic heterocycles. The van der Waals surface area contributed by atoms with Gasteiger partial charge in [0.05, 0.1) is 23.8 Å². The molecule has 8 nitrogen and oxygen atoms in total. The molecule has 0 aromatic rings. The molecule has 0 saturated carbocycles. The predicted octanol–water partition coefficient (Wildman–Crippen LogP) is -0.362. The van der Waals surface area contributed by atoms with E-state index in [4.69, 9.17) is 5.11 Å². The van der Waals surface area contributed by atoms with Gasteiger partial charge in [0.25, 0.3) is 0 Å². The van der Waals surface area contributed by atoms with Crippen LogP contribution in [0.3, 0.4) is 0 Å². The second-order valence-corrected chi connectivity index (χ2v) is 9.72. The van der Waals surface area contributed by atoms with Crippen molar-refractivity contribution in [3.8, 4) is 0 Å². The molecule has 0 aromatic carbocycles. The molecule has 2 amide bonds. The summed E-state index contributed by atoms with van der Waals surface area (Å²) in [4.78, 5) is 34.5. The average Bonchev–Trinajstić information content (AvgIpc) is 2.81. The molecule has 1 fully saturated rings. The van der Waals surface area contributed by atoms with Gasteiger partial charge in [0.1, 0.15) is 6.04 Å². The van der Waals surface area contributed by atoms with E-state index in [2.05, 4.69) is 10.6 Å². The minimum Gasteiger partial charge on any atom is -0.480 e. The SMILES string of the molecule is CC(C)C[C@H](NC(=O)CNC(=O)CSC1CCS(=O)(=O)C1)C(=O)O. The Bertz CT molecular complexity index is 576. The fourth-order valence-corrected chi connectivity index (χ4v) is 5.73. The van der Waals surface area contributed by atoms with E-state index >= 15 is 0 Å². The number of rotatable bonds is 9. The zero-order valence-corrected chi connectivity index (χ0v) is 15.4. The van der Waals surface area contributed by atoms with Crippen LogP contribution in [-0.2, 0) is 24.2 Å². The second kappa shape index (κ2) is 9.26. The Labute approximate surface area is 146 Å². The summed E-state index contributed by atoms with van der Waals surface area (Å²) in [5.74, 6) is -1.63. The number of carboxylic acid groups (broad SMARTS) is 1. The summed E-state index contributed by atoms with van der Waals surface area (Å²) in [7, 11) is -2.97. The van der Waals surface area contributed by atoms with Crippen LogP contribution in [0.4, 0.5) is 0 Å². The van der Waals surface area contributed by atoms with E-state index in [0.29, 0.717) is 12.8 Å². The van der Waals surface area contributed by atoms with Crippen molar-refractivity contribution in [2.45, 2.75) is 38.0 Å². The average molecular weight is 380 g/mol. The van der Waals surface area contributed by atoms with Crippen LogP contribution in [0.1, 0.15) is 26.7 Å². The highest BCUT2D eigenvalue weighted by Gasteiger charge is 2.28. The first-order valence-corrected chi connectivity index (χ1v) is 10.6. The normalized spacial score (nSPS) is 20.5. The maximum atomic E-state index is 11.7. The summed E-state index contributed by atoms with van der Waals surface area (Å²) in [6.45, 7) is 3.40. The third kappa shape index (κ3) is 8.00. The van der Waals surface area contributed by atoms with Crippen molar-refractivity contribution in [3.63, 3.8) is 0 Å². The standard InChI is InChI=1S/C14H24N2O6S2/c1-9(2)5-11(14(19)20)16-12(17)6-15-13(18)7-23-10-3-4-24(21,22)8-10/h9-11H,3-8H2,1-2H3,(H,15,18)(H,16,17)(H,19,20)/t10?,11-/m0/s1. The summed E-state index contributed by atoms with van der Waals surface area (Å²) in [6.07, 6.45) is 0.845. The van der Waals surface area contributed by atoms with Gasteiger partial charge in [-0.2, -0.15) is 0 Å². The molecular formula is C14H24N2O6S2. The lowest BCUT2D eigenvalue weighted by atomic mass is 10.0. The molecule has 1 aliphatic heterocycles. The van der Waals surface area contributed by atoms with Crippen molar-refractivity contribution in [3.05, 3.63) is 0 Å². The number of carboxylic acids is 1. The van der Waals surface area contributed by atoms with Crippen LogP contribution in [0.2, 0.25) is 0 Å². The Morgan fingerprint density at radius 1 is 1.25 bits per heavy atom. The van der Waals surface area contributed by atoms with Gasteiger partial charge in [-0.25, -0.2) is 13.2 Å². The van der Waals surface area contributed by atoms with E-state index < -0.39 is 27.8 Å². The van der Waals surface area contributed by atoms with Crippen LogP contribution in [0.15, 0.2) is 0 Å². The predicted molar refractivity (Wildman–Crippen MR) is 91.5 cm³/mol. The van der Waals surface area contributed by atoms with Gasteiger partial charge in [-0.15, -0.1) is 11.8 Å². The van der Waals surface area contributed by atoms with E-state index in [1.165, 1.54) is 11.8 Å². The van der Waals surface area contributed by atoms with Crippen molar-refractivity contribution >= 4 is 39.4 Å². The molecular weight excluding hydrogens is 356 g/mol.